The predicted molar refractivity (Wildman–Crippen MR) is 94.5 cm³/mol. The average molecular weight is 428 g/mol. The van der Waals surface area contributed by atoms with Gasteiger partial charge in [-0.1, -0.05) is 24.3 Å². The number of hydrogen-bond donors (Lipinski definition) is 1. The van der Waals surface area contributed by atoms with E-state index in [1.807, 2.05) is 4.72 Å². The van der Waals surface area contributed by atoms with Gasteiger partial charge < -0.3 is 4.74 Å². The number of carbonyl (C=O) groups excluding carboxylic acids is 2. The molecule has 3 rings (SSSR count). The van der Waals surface area contributed by atoms with Crippen LogP contribution in [0, 0.1) is 0 Å². The van der Waals surface area contributed by atoms with Crippen LogP contribution in [-0.4, -0.2) is 31.1 Å². The zero-order valence-corrected chi connectivity index (χ0v) is 15.6. The van der Waals surface area contributed by atoms with Gasteiger partial charge in [0.05, 0.1) is 17.7 Å². The molecule has 11 heteroatoms. The summed E-state index contributed by atoms with van der Waals surface area (Å²) in [4.78, 5) is 23.3. The first-order valence-electron chi connectivity index (χ1n) is 8.27. The van der Waals surface area contributed by atoms with E-state index in [1.165, 1.54) is 36.4 Å². The second-order valence-electron chi connectivity index (χ2n) is 6.27. The van der Waals surface area contributed by atoms with E-state index in [2.05, 4.69) is 0 Å². The third-order valence-corrected chi connectivity index (χ3v) is 5.53. The van der Waals surface area contributed by atoms with Crippen molar-refractivity contribution >= 4 is 22.1 Å². The quantitative estimate of drug-likeness (QED) is 0.738. The summed E-state index contributed by atoms with van der Waals surface area (Å²) in [6.45, 7) is -0.514. The number of amides is 1. The van der Waals surface area contributed by atoms with Gasteiger partial charge in [0.2, 0.25) is 5.91 Å². The lowest BCUT2D eigenvalue weighted by molar-refractivity contribution is -0.137. The van der Waals surface area contributed by atoms with Crippen molar-refractivity contribution in [1.29, 1.82) is 0 Å². The molecule has 0 aromatic heterocycles. The van der Waals surface area contributed by atoms with Crippen LogP contribution in [0.5, 0.6) is 0 Å². The molecule has 1 N–H and O–H groups in total. The van der Waals surface area contributed by atoms with E-state index in [4.69, 9.17) is 4.74 Å². The van der Waals surface area contributed by atoms with E-state index in [0.29, 0.717) is 11.1 Å². The van der Waals surface area contributed by atoms with Crippen molar-refractivity contribution in [3.63, 3.8) is 0 Å². The fourth-order valence-corrected chi connectivity index (χ4v) is 3.69. The Morgan fingerprint density at radius 2 is 1.62 bits per heavy atom. The Morgan fingerprint density at radius 1 is 1.03 bits per heavy atom. The molecule has 2 aromatic rings. The third kappa shape index (κ3) is 5.12. The van der Waals surface area contributed by atoms with Crippen LogP contribution in [-0.2, 0) is 39.1 Å². The Balaban J connectivity index is 1.57. The van der Waals surface area contributed by atoms with Crippen LogP contribution in [0.1, 0.15) is 27.0 Å². The highest BCUT2D eigenvalue weighted by molar-refractivity contribution is 7.88. The number of benzene rings is 2. The third-order valence-electron chi connectivity index (χ3n) is 4.10. The van der Waals surface area contributed by atoms with Gasteiger partial charge in [0.15, 0.2) is 0 Å². The van der Waals surface area contributed by atoms with E-state index < -0.39 is 33.8 Å². The number of halogens is 3. The summed E-state index contributed by atoms with van der Waals surface area (Å²) in [5.74, 6) is -1.30. The Kier molecular flexibility index (Phi) is 5.62. The van der Waals surface area contributed by atoms with E-state index in [9.17, 15) is 31.2 Å². The number of hydrogen-bond acceptors (Lipinski definition) is 5. The van der Waals surface area contributed by atoms with Gasteiger partial charge in [-0.05, 0) is 35.4 Å². The summed E-state index contributed by atoms with van der Waals surface area (Å²) in [5.41, 5.74) is 0.364. The summed E-state index contributed by atoms with van der Waals surface area (Å²) in [5, 5.41) is 0. The number of nitrogens with one attached hydrogen (secondary N) is 1. The molecule has 7 nitrogen and oxygen atoms in total. The van der Waals surface area contributed by atoms with Crippen LogP contribution < -0.4 is 4.72 Å². The second-order valence-corrected chi connectivity index (χ2v) is 7.94. The SMILES string of the molecule is O=C1CN(Cc2ccc(C(=O)OCc3ccc(C(F)(F)F)cc3)cc2)S(=O)(=O)N1. The normalized spacial score (nSPS) is 16.4. The molecule has 2 aromatic carbocycles. The number of alkyl halides is 3. The van der Waals surface area contributed by atoms with Gasteiger partial charge in [-0.15, -0.1) is 0 Å². The van der Waals surface area contributed by atoms with Crippen molar-refractivity contribution in [2.45, 2.75) is 19.3 Å². The molecule has 1 aliphatic heterocycles. The Bertz CT molecular complexity index is 1020. The smallest absolute Gasteiger partial charge is 0.416 e. The van der Waals surface area contributed by atoms with Crippen LogP contribution in [0.25, 0.3) is 0 Å². The van der Waals surface area contributed by atoms with Gasteiger partial charge >= 0.3 is 22.4 Å². The summed E-state index contributed by atoms with van der Waals surface area (Å²) in [6.07, 6.45) is -4.44. The molecule has 0 aliphatic carbocycles. The average Bonchev–Trinajstić information content (AvgIpc) is 2.91. The first kappa shape index (κ1) is 20.8. The minimum absolute atomic E-state index is 0.0397. The number of ether oxygens (including phenoxy) is 1. The maximum atomic E-state index is 12.5. The fraction of sp³-hybridized carbons (Fsp3) is 0.222. The molecule has 0 unspecified atom stereocenters. The van der Waals surface area contributed by atoms with Gasteiger partial charge in [-0.2, -0.15) is 25.9 Å². The molecule has 29 heavy (non-hydrogen) atoms. The van der Waals surface area contributed by atoms with Crippen molar-refractivity contribution in [2.24, 2.45) is 0 Å². The zero-order valence-electron chi connectivity index (χ0n) is 14.8. The molecule has 1 amide bonds. The van der Waals surface area contributed by atoms with Gasteiger partial charge in [0, 0.05) is 6.54 Å². The molecular weight excluding hydrogens is 413 g/mol. The molecule has 1 heterocycles. The monoisotopic (exact) mass is 428 g/mol. The molecule has 1 saturated heterocycles. The van der Waals surface area contributed by atoms with E-state index in [0.717, 1.165) is 16.4 Å². The van der Waals surface area contributed by atoms with Crippen molar-refractivity contribution in [1.82, 2.24) is 9.03 Å². The largest absolute Gasteiger partial charge is 0.457 e. The van der Waals surface area contributed by atoms with Crippen LogP contribution >= 0.6 is 0 Å². The number of nitrogens with zero attached hydrogens (tertiary/aromatic N) is 1. The van der Waals surface area contributed by atoms with Crippen LogP contribution in [0.15, 0.2) is 48.5 Å². The van der Waals surface area contributed by atoms with E-state index >= 15 is 0 Å². The summed E-state index contributed by atoms with van der Waals surface area (Å²) >= 11 is 0. The second kappa shape index (κ2) is 7.84. The molecule has 1 fully saturated rings. The topological polar surface area (TPSA) is 92.8 Å². The Labute approximate surface area is 164 Å². The molecule has 0 atom stereocenters. The molecule has 0 bridgehead atoms. The fourth-order valence-electron chi connectivity index (χ4n) is 2.60. The van der Waals surface area contributed by atoms with Gasteiger partial charge in [0.1, 0.15) is 6.61 Å². The standard InChI is InChI=1S/C18H15F3N2O5S/c19-18(20,21)15-7-3-13(4-8-15)11-28-17(25)14-5-1-12(2-6-14)9-23-10-16(24)22-29(23,26)27/h1-8H,9-11H2,(H,22,24). The maximum absolute atomic E-state index is 12.5. The zero-order chi connectivity index (χ0) is 21.2. The van der Waals surface area contributed by atoms with E-state index in [1.54, 1.807) is 0 Å². The summed E-state index contributed by atoms with van der Waals surface area (Å²) in [6, 6.07) is 10.2. The lowest BCUT2D eigenvalue weighted by Crippen LogP contribution is -2.29. The van der Waals surface area contributed by atoms with E-state index in [-0.39, 0.29) is 25.3 Å². The molecule has 0 spiro atoms. The van der Waals surface area contributed by atoms with Crippen molar-refractivity contribution < 1.29 is 35.9 Å². The van der Waals surface area contributed by atoms with Crippen LogP contribution in [0.3, 0.4) is 0 Å². The Hall–Kier alpha value is -2.92. The van der Waals surface area contributed by atoms with Crippen LogP contribution in [0.2, 0.25) is 0 Å². The lowest BCUT2D eigenvalue weighted by Gasteiger charge is -2.12. The molecule has 1 aliphatic rings. The molecule has 154 valence electrons. The predicted octanol–water partition coefficient (Wildman–Crippen LogP) is 2.24. The van der Waals surface area contributed by atoms with Gasteiger partial charge in [0.25, 0.3) is 0 Å². The first-order valence-corrected chi connectivity index (χ1v) is 9.71. The summed E-state index contributed by atoms with van der Waals surface area (Å²) < 4.78 is 68.9. The molecule has 0 radical (unpaired) electrons. The summed E-state index contributed by atoms with van der Waals surface area (Å²) in [7, 11) is -3.84. The Morgan fingerprint density at radius 3 is 2.14 bits per heavy atom. The minimum Gasteiger partial charge on any atom is -0.457 e. The minimum atomic E-state index is -4.44. The molecule has 0 saturated carbocycles. The van der Waals surface area contributed by atoms with Crippen molar-refractivity contribution in [3.8, 4) is 0 Å². The highest BCUT2D eigenvalue weighted by Crippen LogP contribution is 2.29. The van der Waals surface area contributed by atoms with Gasteiger partial charge in [-0.3, -0.25) is 4.79 Å². The van der Waals surface area contributed by atoms with Crippen molar-refractivity contribution in [3.05, 3.63) is 70.8 Å². The van der Waals surface area contributed by atoms with Crippen molar-refractivity contribution in [2.75, 3.05) is 6.54 Å². The maximum Gasteiger partial charge on any atom is 0.416 e. The van der Waals surface area contributed by atoms with Crippen LogP contribution in [0.4, 0.5) is 13.2 Å². The highest BCUT2D eigenvalue weighted by Gasteiger charge is 2.33. The van der Waals surface area contributed by atoms with Gasteiger partial charge in [-0.25, -0.2) is 9.52 Å². The number of carbonyl (C=O) groups is 2. The molecular formula is C18H15F3N2O5S. The number of esters is 1. The number of rotatable bonds is 5. The first-order chi connectivity index (χ1) is 13.5. The lowest BCUT2D eigenvalue weighted by atomic mass is 10.1. The highest BCUT2D eigenvalue weighted by atomic mass is 32.2.